The minimum Gasteiger partial charge on any atom is -0.244 e. The Morgan fingerprint density at radius 3 is 1.81 bits per heavy atom. The van der Waals surface area contributed by atoms with Crippen molar-refractivity contribution in [3.05, 3.63) is 44.9 Å². The van der Waals surface area contributed by atoms with Crippen molar-refractivity contribution in [1.82, 2.24) is 9.97 Å². The highest BCUT2D eigenvalue weighted by atomic mass is 35.5. The third-order valence-corrected chi connectivity index (χ3v) is 3.54. The van der Waals surface area contributed by atoms with Crippen molar-refractivity contribution in [1.29, 1.82) is 0 Å². The highest BCUT2D eigenvalue weighted by Gasteiger charge is 2.15. The Kier molecular flexibility index (Phi) is 3.55. The lowest BCUT2D eigenvalue weighted by Crippen LogP contribution is -1.87. The molecule has 1 aromatic carbocycles. The molecule has 0 unspecified atom stereocenters. The summed E-state index contributed by atoms with van der Waals surface area (Å²) < 4.78 is 0. The van der Waals surface area contributed by atoms with Crippen molar-refractivity contribution in [2.75, 3.05) is 0 Å². The topological polar surface area (TPSA) is 25.8 Å². The van der Waals surface area contributed by atoms with Crippen LogP contribution in [0.5, 0.6) is 0 Å². The van der Waals surface area contributed by atoms with Gasteiger partial charge in [0.15, 0.2) is 0 Å². The van der Waals surface area contributed by atoms with Gasteiger partial charge in [0.25, 0.3) is 0 Å². The highest BCUT2D eigenvalue weighted by molar-refractivity contribution is 6.50. The number of nitrogens with zero attached hydrogens (tertiary/aromatic N) is 2. The van der Waals surface area contributed by atoms with E-state index >= 15 is 0 Å². The molecule has 0 aliphatic heterocycles. The van der Waals surface area contributed by atoms with Crippen LogP contribution in [0.2, 0.25) is 20.1 Å². The summed E-state index contributed by atoms with van der Waals surface area (Å²) >= 11 is 24.0. The molecule has 2 nitrogen and oxygen atoms in total. The quantitative estimate of drug-likeness (QED) is 0.709. The second-order valence-electron chi connectivity index (χ2n) is 2.97. The molecule has 0 saturated carbocycles. The van der Waals surface area contributed by atoms with Gasteiger partial charge < -0.3 is 0 Å². The van der Waals surface area contributed by atoms with E-state index in [9.17, 15) is 0 Å². The van der Waals surface area contributed by atoms with Crippen LogP contribution in [0.4, 0.5) is 0 Å². The van der Waals surface area contributed by atoms with Gasteiger partial charge in [-0.1, -0.05) is 46.4 Å². The molecule has 0 amide bonds. The zero-order chi connectivity index (χ0) is 11.7. The van der Waals surface area contributed by atoms with Crippen LogP contribution in [0.3, 0.4) is 0 Å². The molecule has 6 heteroatoms. The van der Waals surface area contributed by atoms with Gasteiger partial charge >= 0.3 is 0 Å². The Hall–Kier alpha value is -0.540. The Bertz CT molecular complexity index is 502. The molecule has 2 aromatic rings. The number of aromatic nitrogens is 2. The predicted molar refractivity (Wildman–Crippen MR) is 67.5 cm³/mol. The van der Waals surface area contributed by atoms with Crippen LogP contribution in [0.25, 0.3) is 11.1 Å². The fourth-order valence-corrected chi connectivity index (χ4v) is 2.28. The van der Waals surface area contributed by atoms with Crippen LogP contribution in [0, 0.1) is 0 Å². The molecular weight excluding hydrogens is 290 g/mol. The first-order valence-corrected chi connectivity index (χ1v) is 5.71. The third kappa shape index (κ3) is 2.11. The lowest BCUT2D eigenvalue weighted by molar-refractivity contribution is 1.17. The molecule has 0 N–H and O–H groups in total. The van der Waals surface area contributed by atoms with Gasteiger partial charge in [-0.3, -0.25) is 0 Å². The maximum atomic E-state index is 6.07. The van der Waals surface area contributed by atoms with Gasteiger partial charge in [-0.05, 0) is 6.07 Å². The summed E-state index contributed by atoms with van der Waals surface area (Å²) in [6.07, 6.45) is 4.59. The Balaban J connectivity index is 2.74. The summed E-state index contributed by atoms with van der Waals surface area (Å²) in [5, 5.41) is 1.36. The van der Waals surface area contributed by atoms with Crippen molar-refractivity contribution in [2.45, 2.75) is 0 Å². The minimum absolute atomic E-state index is 0.339. The first-order valence-electron chi connectivity index (χ1n) is 4.19. The lowest BCUT2D eigenvalue weighted by atomic mass is 10.1. The van der Waals surface area contributed by atoms with Crippen molar-refractivity contribution in [2.24, 2.45) is 0 Å². The minimum atomic E-state index is 0.339. The Morgan fingerprint density at radius 2 is 1.31 bits per heavy atom. The summed E-state index contributed by atoms with van der Waals surface area (Å²) in [5.74, 6) is 0. The van der Waals surface area contributed by atoms with Crippen molar-refractivity contribution in [3.63, 3.8) is 0 Å². The van der Waals surface area contributed by atoms with E-state index in [1.807, 2.05) is 0 Å². The summed E-state index contributed by atoms with van der Waals surface area (Å²) in [6.45, 7) is 0. The van der Waals surface area contributed by atoms with Gasteiger partial charge in [-0.2, -0.15) is 0 Å². The zero-order valence-electron chi connectivity index (χ0n) is 7.72. The smallest absolute Gasteiger partial charge is 0.115 e. The summed E-state index contributed by atoms with van der Waals surface area (Å²) in [5.41, 5.74) is 1.21. The molecule has 1 heterocycles. The summed E-state index contributed by atoms with van der Waals surface area (Å²) in [6, 6.07) is 1.50. The SMILES string of the molecule is Clc1cc(Cl)c(Cl)c(-c2cncnc2)c1Cl. The van der Waals surface area contributed by atoms with Gasteiger partial charge in [0, 0.05) is 23.5 Å². The normalized spacial score (nSPS) is 10.5. The van der Waals surface area contributed by atoms with Crippen LogP contribution in [0.1, 0.15) is 0 Å². The van der Waals surface area contributed by atoms with Gasteiger partial charge in [-0.25, -0.2) is 9.97 Å². The van der Waals surface area contributed by atoms with Crippen molar-refractivity contribution < 1.29 is 0 Å². The standard InChI is InChI=1S/C10H4Cl4N2/c11-6-1-7(12)10(14)8(9(6)13)5-2-15-4-16-3-5/h1-4H. The van der Waals surface area contributed by atoms with E-state index in [2.05, 4.69) is 9.97 Å². The fourth-order valence-electron chi connectivity index (χ4n) is 1.25. The molecule has 0 bridgehead atoms. The average molecular weight is 294 g/mol. The van der Waals surface area contributed by atoms with E-state index in [1.165, 1.54) is 12.4 Å². The Labute approximate surface area is 112 Å². The number of rotatable bonds is 1. The summed E-state index contributed by atoms with van der Waals surface area (Å²) in [7, 11) is 0. The Morgan fingerprint density at radius 1 is 0.812 bits per heavy atom. The predicted octanol–water partition coefficient (Wildman–Crippen LogP) is 4.76. The molecular formula is C10H4Cl4N2. The van der Waals surface area contributed by atoms with Crippen LogP contribution < -0.4 is 0 Å². The molecule has 0 aliphatic rings. The molecule has 16 heavy (non-hydrogen) atoms. The molecule has 82 valence electrons. The molecule has 0 spiro atoms. The molecule has 0 atom stereocenters. The largest absolute Gasteiger partial charge is 0.244 e. The van der Waals surface area contributed by atoms with E-state index in [-0.39, 0.29) is 0 Å². The summed E-state index contributed by atoms with van der Waals surface area (Å²) in [4.78, 5) is 7.78. The van der Waals surface area contributed by atoms with Gasteiger partial charge in [0.2, 0.25) is 0 Å². The van der Waals surface area contributed by atoms with Gasteiger partial charge in [0.1, 0.15) is 6.33 Å². The monoisotopic (exact) mass is 292 g/mol. The fraction of sp³-hybridized carbons (Fsp3) is 0. The number of halogens is 4. The van der Waals surface area contributed by atoms with E-state index in [0.717, 1.165) is 0 Å². The van der Waals surface area contributed by atoms with E-state index in [4.69, 9.17) is 46.4 Å². The van der Waals surface area contributed by atoms with E-state index < -0.39 is 0 Å². The molecule has 0 fully saturated rings. The first kappa shape index (κ1) is 11.9. The van der Waals surface area contributed by atoms with Crippen LogP contribution in [-0.2, 0) is 0 Å². The van der Waals surface area contributed by atoms with E-state index in [0.29, 0.717) is 31.2 Å². The first-order chi connectivity index (χ1) is 7.61. The van der Waals surface area contributed by atoms with Crippen molar-refractivity contribution >= 4 is 46.4 Å². The van der Waals surface area contributed by atoms with Gasteiger partial charge in [0.05, 0.1) is 20.1 Å². The number of benzene rings is 1. The van der Waals surface area contributed by atoms with Crippen LogP contribution in [-0.4, -0.2) is 9.97 Å². The molecule has 0 aliphatic carbocycles. The van der Waals surface area contributed by atoms with Crippen LogP contribution >= 0.6 is 46.4 Å². The second kappa shape index (κ2) is 4.76. The molecule has 0 saturated heterocycles. The average Bonchev–Trinajstić information content (AvgIpc) is 2.28. The highest BCUT2D eigenvalue weighted by Crippen LogP contribution is 2.42. The lowest BCUT2D eigenvalue weighted by Gasteiger charge is -2.09. The maximum absolute atomic E-state index is 6.07. The second-order valence-corrected chi connectivity index (χ2v) is 4.54. The number of hydrogen-bond donors (Lipinski definition) is 0. The van der Waals surface area contributed by atoms with Crippen LogP contribution in [0.15, 0.2) is 24.8 Å². The third-order valence-electron chi connectivity index (χ3n) is 1.96. The van der Waals surface area contributed by atoms with Crippen molar-refractivity contribution in [3.8, 4) is 11.1 Å². The maximum Gasteiger partial charge on any atom is 0.115 e. The molecule has 2 rings (SSSR count). The zero-order valence-corrected chi connectivity index (χ0v) is 10.7. The number of hydrogen-bond acceptors (Lipinski definition) is 2. The molecule has 1 aromatic heterocycles. The molecule has 0 radical (unpaired) electrons. The van der Waals surface area contributed by atoms with Gasteiger partial charge in [-0.15, -0.1) is 0 Å². The van der Waals surface area contributed by atoms with E-state index in [1.54, 1.807) is 12.4 Å².